The first-order valence-electron chi connectivity index (χ1n) is 18.1. The van der Waals surface area contributed by atoms with Crippen molar-refractivity contribution >= 4 is 23.5 Å². The van der Waals surface area contributed by atoms with Gasteiger partial charge in [0.2, 0.25) is 0 Å². The lowest BCUT2D eigenvalue weighted by atomic mass is 9.47. The Morgan fingerprint density at radius 3 is 2.00 bits per heavy atom. The first kappa shape index (κ1) is 34.9. The van der Waals surface area contributed by atoms with E-state index in [1.165, 1.54) is 5.57 Å². The summed E-state index contributed by atoms with van der Waals surface area (Å²) in [5.41, 5.74) is 0.905. The van der Waals surface area contributed by atoms with Gasteiger partial charge in [-0.05, 0) is 87.9 Å². The molecule has 7 atom stereocenters. The minimum absolute atomic E-state index is 0.0000178. The second-order valence-corrected chi connectivity index (χ2v) is 15.4. The molecule has 3 saturated carbocycles. The minimum Gasteiger partial charge on any atom is -0.462 e. The van der Waals surface area contributed by atoms with Gasteiger partial charge in [-0.2, -0.15) is 0 Å². The van der Waals surface area contributed by atoms with Crippen LogP contribution in [0.5, 0.6) is 0 Å². The number of esters is 2. The Morgan fingerprint density at radius 2 is 1.36 bits per heavy atom. The van der Waals surface area contributed by atoms with Crippen LogP contribution >= 0.6 is 0 Å². The number of carbonyl (C=O) groups is 4. The van der Waals surface area contributed by atoms with Crippen LogP contribution in [0.1, 0.15) is 163 Å². The van der Waals surface area contributed by atoms with E-state index in [0.29, 0.717) is 30.6 Å². The lowest BCUT2D eigenvalue weighted by Gasteiger charge is -2.59. The molecule has 0 aliphatic heterocycles. The third-order valence-electron chi connectivity index (χ3n) is 12.5. The van der Waals surface area contributed by atoms with Crippen molar-refractivity contribution in [3.8, 4) is 0 Å². The van der Waals surface area contributed by atoms with Crippen molar-refractivity contribution in [2.75, 3.05) is 0 Å². The average molecular weight is 613 g/mol. The SMILES string of the molecule is CCCCCCC(=O)CC(=O)O[C@H]1CC[C@@]2(C)C(=CC[C@@H]3[C@@H]2CC[C@@]2(C)[C@H]3CC[C@]2(C)OC(=O)CC(=O)CCCCCC)C1. The third kappa shape index (κ3) is 7.69. The van der Waals surface area contributed by atoms with E-state index < -0.39 is 5.60 Å². The number of unbranched alkanes of at least 4 members (excludes halogenated alkanes) is 6. The number of hydrogen-bond donors (Lipinski definition) is 0. The number of ether oxygens (including phenoxy) is 2. The Kier molecular flexibility index (Phi) is 12.0. The number of hydrogen-bond acceptors (Lipinski definition) is 6. The van der Waals surface area contributed by atoms with Crippen LogP contribution < -0.4 is 0 Å². The highest BCUT2D eigenvalue weighted by atomic mass is 16.6. The molecule has 0 bridgehead atoms. The number of allylic oxidation sites excluding steroid dienone is 1. The van der Waals surface area contributed by atoms with Gasteiger partial charge in [0.1, 0.15) is 36.1 Å². The van der Waals surface area contributed by atoms with Gasteiger partial charge < -0.3 is 9.47 Å². The van der Waals surface area contributed by atoms with Gasteiger partial charge in [0.25, 0.3) is 0 Å². The van der Waals surface area contributed by atoms with Crippen LogP contribution in [0.2, 0.25) is 0 Å². The fourth-order valence-corrected chi connectivity index (χ4v) is 9.63. The summed E-state index contributed by atoms with van der Waals surface area (Å²) in [6.45, 7) is 11.2. The molecule has 6 nitrogen and oxygen atoms in total. The van der Waals surface area contributed by atoms with Gasteiger partial charge in [0.15, 0.2) is 0 Å². The van der Waals surface area contributed by atoms with Gasteiger partial charge >= 0.3 is 11.9 Å². The van der Waals surface area contributed by atoms with Crippen LogP contribution in [0, 0.1) is 28.6 Å². The number of Topliss-reactive ketones (excluding diaryl/α,β-unsaturated/α-hetero) is 2. The van der Waals surface area contributed by atoms with Crippen molar-refractivity contribution in [3.63, 3.8) is 0 Å². The van der Waals surface area contributed by atoms with Crippen LogP contribution in [0.15, 0.2) is 11.6 Å². The summed E-state index contributed by atoms with van der Waals surface area (Å²) in [5.74, 6) is 0.904. The highest BCUT2D eigenvalue weighted by Crippen LogP contribution is 2.67. The summed E-state index contributed by atoms with van der Waals surface area (Å²) in [5, 5.41) is 0. The zero-order valence-electron chi connectivity index (χ0n) is 28.5. The Hall–Kier alpha value is -1.98. The Morgan fingerprint density at radius 1 is 0.750 bits per heavy atom. The van der Waals surface area contributed by atoms with Gasteiger partial charge in [-0.1, -0.05) is 77.9 Å². The fourth-order valence-electron chi connectivity index (χ4n) is 9.63. The van der Waals surface area contributed by atoms with Crippen LogP contribution in [0.3, 0.4) is 0 Å². The first-order chi connectivity index (χ1) is 21.0. The zero-order valence-corrected chi connectivity index (χ0v) is 28.5. The fraction of sp³-hybridized carbons (Fsp3) is 0.842. The van der Waals surface area contributed by atoms with Crippen LogP contribution in [0.4, 0.5) is 0 Å². The van der Waals surface area contributed by atoms with Gasteiger partial charge in [-0.3, -0.25) is 19.2 Å². The molecular weight excluding hydrogens is 552 g/mol. The lowest BCUT2D eigenvalue weighted by molar-refractivity contribution is -0.180. The average Bonchev–Trinajstić information content (AvgIpc) is 3.23. The Labute approximate surface area is 266 Å². The second-order valence-electron chi connectivity index (χ2n) is 15.4. The highest BCUT2D eigenvalue weighted by molar-refractivity contribution is 5.96. The Bertz CT molecular complexity index is 1080. The molecule has 0 amide bonds. The molecule has 0 aromatic carbocycles. The van der Waals surface area contributed by atoms with Gasteiger partial charge in [0, 0.05) is 24.7 Å². The van der Waals surface area contributed by atoms with E-state index in [0.717, 1.165) is 103 Å². The van der Waals surface area contributed by atoms with E-state index in [1.54, 1.807) is 0 Å². The van der Waals surface area contributed by atoms with Crippen molar-refractivity contribution < 1.29 is 28.7 Å². The van der Waals surface area contributed by atoms with Crippen LogP contribution in [-0.2, 0) is 28.7 Å². The smallest absolute Gasteiger partial charge is 0.313 e. The third-order valence-corrected chi connectivity index (χ3v) is 12.5. The monoisotopic (exact) mass is 612 g/mol. The molecule has 44 heavy (non-hydrogen) atoms. The molecule has 4 aliphatic rings. The van der Waals surface area contributed by atoms with E-state index in [2.05, 4.69) is 40.7 Å². The summed E-state index contributed by atoms with van der Waals surface area (Å²) in [7, 11) is 0. The van der Waals surface area contributed by atoms with Crippen LogP contribution in [-0.4, -0.2) is 35.2 Å². The Balaban J connectivity index is 1.32. The molecule has 0 heterocycles. The highest BCUT2D eigenvalue weighted by Gasteiger charge is 2.64. The van der Waals surface area contributed by atoms with Gasteiger partial charge in [-0.25, -0.2) is 0 Å². The van der Waals surface area contributed by atoms with E-state index in [9.17, 15) is 19.2 Å². The van der Waals surface area contributed by atoms with E-state index >= 15 is 0 Å². The molecule has 248 valence electrons. The van der Waals surface area contributed by atoms with E-state index in [4.69, 9.17) is 9.47 Å². The molecule has 0 spiro atoms. The second kappa shape index (κ2) is 15.1. The minimum atomic E-state index is -0.535. The molecule has 3 fully saturated rings. The maximum Gasteiger partial charge on any atom is 0.313 e. The predicted octanol–water partition coefficient (Wildman–Crippen LogP) is 9.02. The molecule has 4 rings (SSSR count). The molecule has 0 N–H and O–H groups in total. The van der Waals surface area contributed by atoms with Crippen molar-refractivity contribution in [3.05, 3.63) is 11.6 Å². The predicted molar refractivity (Wildman–Crippen MR) is 173 cm³/mol. The molecule has 0 unspecified atom stereocenters. The first-order valence-corrected chi connectivity index (χ1v) is 18.1. The maximum atomic E-state index is 13.0. The summed E-state index contributed by atoms with van der Waals surface area (Å²) in [4.78, 5) is 50.3. The van der Waals surface area contributed by atoms with E-state index in [1.807, 2.05) is 0 Å². The van der Waals surface area contributed by atoms with Gasteiger partial charge in [0.05, 0.1) is 0 Å². The number of carbonyl (C=O) groups excluding carboxylic acids is 4. The molecule has 0 aromatic heterocycles. The summed E-state index contributed by atoms with van der Waals surface area (Å²) in [6.07, 6.45) is 19.0. The van der Waals surface area contributed by atoms with Gasteiger partial charge in [-0.15, -0.1) is 0 Å². The van der Waals surface area contributed by atoms with Crippen LogP contribution in [0.25, 0.3) is 0 Å². The largest absolute Gasteiger partial charge is 0.462 e. The summed E-state index contributed by atoms with van der Waals surface area (Å²) < 4.78 is 12.1. The van der Waals surface area contributed by atoms with Crippen molar-refractivity contribution in [1.82, 2.24) is 0 Å². The molecule has 4 aliphatic carbocycles. The zero-order chi connectivity index (χ0) is 32.0. The summed E-state index contributed by atoms with van der Waals surface area (Å²) in [6, 6.07) is 0. The molecule has 0 saturated heterocycles. The standard InChI is InChI=1S/C38H60O6/c1-6-8-10-12-14-28(39)25-34(41)43-30-18-21-36(3)27(24-30)16-17-31-32(36)19-22-37(4)33(31)20-23-38(37,5)44-35(42)26-29(40)15-13-11-9-7-2/h16,30-33H,6-15,17-26H2,1-5H3/t30-,31+,32-,33-,36-,37-,38-/m0/s1. The van der Waals surface area contributed by atoms with Crippen molar-refractivity contribution in [2.45, 2.75) is 175 Å². The molecule has 6 heteroatoms. The molecule has 0 aromatic rings. The topological polar surface area (TPSA) is 86.7 Å². The number of rotatable bonds is 16. The normalized spacial score (nSPS) is 34.2. The maximum absolute atomic E-state index is 13.0. The summed E-state index contributed by atoms with van der Waals surface area (Å²) >= 11 is 0. The van der Waals surface area contributed by atoms with E-state index in [-0.39, 0.29) is 53.3 Å². The lowest BCUT2D eigenvalue weighted by Crippen LogP contribution is -2.55. The van der Waals surface area contributed by atoms with Crippen molar-refractivity contribution in [1.29, 1.82) is 0 Å². The molecular formula is C38H60O6. The van der Waals surface area contributed by atoms with Crippen molar-refractivity contribution in [2.24, 2.45) is 28.6 Å². The molecule has 0 radical (unpaired) electrons. The number of ketones is 2. The number of fused-ring (bicyclic) bond motifs is 5. The quantitative estimate of drug-likeness (QED) is 0.0748.